The summed E-state index contributed by atoms with van der Waals surface area (Å²) < 4.78 is 61.7. The smallest absolute Gasteiger partial charge is 0.743 e. The Morgan fingerprint density at radius 3 is 1.95 bits per heavy atom. The zero-order chi connectivity index (χ0) is 15.4. The van der Waals surface area contributed by atoms with E-state index in [1.807, 2.05) is 0 Å². The number of esters is 1. The Labute approximate surface area is 150 Å². The van der Waals surface area contributed by atoms with Crippen molar-refractivity contribution < 1.29 is 60.8 Å². The van der Waals surface area contributed by atoms with E-state index in [-0.39, 0.29) is 41.4 Å². The molecule has 0 saturated heterocycles. The fraction of sp³-hybridized carbons (Fsp3) is 0.923. The van der Waals surface area contributed by atoms with Gasteiger partial charge in [0, 0.05) is 0 Å². The number of alkyl halides is 2. The van der Waals surface area contributed by atoms with Crippen LogP contribution in [0.2, 0.25) is 0 Å². The first kappa shape index (κ1) is 18.6. The number of hydrogen-bond acceptors (Lipinski definition) is 5. The van der Waals surface area contributed by atoms with Gasteiger partial charge in [-0.25, -0.2) is 8.42 Å². The summed E-state index contributed by atoms with van der Waals surface area (Å²) in [6, 6.07) is 0. The molecule has 4 aliphatic rings. The maximum absolute atomic E-state index is 13.0. The van der Waals surface area contributed by atoms with E-state index in [1.165, 1.54) is 6.42 Å². The summed E-state index contributed by atoms with van der Waals surface area (Å²) in [5, 5.41) is -4.56. The fourth-order valence-electron chi connectivity index (χ4n) is 4.63. The Bertz CT molecular complexity index is 523. The Morgan fingerprint density at radius 2 is 1.55 bits per heavy atom. The van der Waals surface area contributed by atoms with Crippen LogP contribution in [0.3, 0.4) is 0 Å². The Kier molecular flexibility index (Phi) is 5.30. The normalized spacial score (nSPS) is 36.8. The van der Waals surface area contributed by atoms with Gasteiger partial charge in [-0.05, 0) is 55.8 Å². The molecular formula is C13H17F2NaO5S. The van der Waals surface area contributed by atoms with E-state index in [4.69, 9.17) is 0 Å². The van der Waals surface area contributed by atoms with Crippen LogP contribution in [0.15, 0.2) is 0 Å². The van der Waals surface area contributed by atoms with Crippen molar-refractivity contribution in [3.63, 3.8) is 0 Å². The molecule has 120 valence electrons. The fourth-order valence-corrected chi connectivity index (χ4v) is 4.84. The molecule has 4 fully saturated rings. The SMILES string of the molecule is O=C(OCC(F)(F)S(=O)(=O)[O-])C1C2CC3CC(C2)CC1C3.[Na+]. The van der Waals surface area contributed by atoms with Crippen LogP contribution in [0.25, 0.3) is 0 Å². The predicted octanol–water partition coefficient (Wildman–Crippen LogP) is -1.26. The van der Waals surface area contributed by atoms with Crippen molar-refractivity contribution in [3.8, 4) is 0 Å². The number of hydrogen-bond donors (Lipinski definition) is 0. The van der Waals surface area contributed by atoms with E-state index in [0.29, 0.717) is 11.8 Å². The first-order valence-corrected chi connectivity index (χ1v) is 8.58. The third-order valence-corrected chi connectivity index (χ3v) is 6.10. The van der Waals surface area contributed by atoms with Crippen LogP contribution in [-0.2, 0) is 19.6 Å². The topological polar surface area (TPSA) is 83.5 Å². The number of carbonyl (C=O) groups excluding carboxylic acids is 1. The average molecular weight is 346 g/mol. The standard InChI is InChI=1S/C13H18F2O5S.Na/c14-13(15,21(17,18)19)6-20-12(16)11-9-2-7-1-8(4-9)5-10(11)3-7;/h7-11H,1-6H2,(H,17,18,19);/q;+1/p-1. The summed E-state index contributed by atoms with van der Waals surface area (Å²) in [7, 11) is -5.81. The minimum atomic E-state index is -5.81. The van der Waals surface area contributed by atoms with Crippen molar-refractivity contribution >= 4 is 16.1 Å². The van der Waals surface area contributed by atoms with Gasteiger partial charge in [-0.2, -0.15) is 8.78 Å². The molecule has 4 aliphatic carbocycles. The molecule has 0 aromatic carbocycles. The second kappa shape index (κ2) is 6.27. The predicted molar refractivity (Wildman–Crippen MR) is 66.1 cm³/mol. The van der Waals surface area contributed by atoms with E-state index in [9.17, 15) is 26.5 Å². The Balaban J connectivity index is 0.00000176. The van der Waals surface area contributed by atoms with Gasteiger partial charge in [0.2, 0.25) is 0 Å². The van der Waals surface area contributed by atoms with Crippen molar-refractivity contribution in [2.75, 3.05) is 6.61 Å². The van der Waals surface area contributed by atoms with Crippen LogP contribution >= 0.6 is 0 Å². The minimum Gasteiger partial charge on any atom is -0.743 e. The van der Waals surface area contributed by atoms with Gasteiger partial charge >= 0.3 is 40.8 Å². The van der Waals surface area contributed by atoms with E-state index in [0.717, 1.165) is 25.7 Å². The molecule has 5 nitrogen and oxygen atoms in total. The molecule has 0 atom stereocenters. The number of carbonyl (C=O) groups is 1. The molecule has 9 heteroatoms. The minimum absolute atomic E-state index is 0. The van der Waals surface area contributed by atoms with Crippen molar-refractivity contribution in [2.45, 2.75) is 37.4 Å². The molecule has 0 unspecified atom stereocenters. The van der Waals surface area contributed by atoms with Gasteiger partial charge in [0.25, 0.3) is 0 Å². The summed E-state index contributed by atoms with van der Waals surface area (Å²) in [5.41, 5.74) is 0. The molecule has 0 amide bonds. The van der Waals surface area contributed by atoms with Gasteiger partial charge in [0.1, 0.15) is 0 Å². The Hall–Kier alpha value is 0.240. The van der Waals surface area contributed by atoms with Crippen molar-refractivity contribution in [1.29, 1.82) is 0 Å². The maximum atomic E-state index is 13.0. The molecule has 0 aromatic heterocycles. The van der Waals surface area contributed by atoms with Crippen LogP contribution in [0.1, 0.15) is 32.1 Å². The molecule has 0 heterocycles. The molecule has 0 aromatic rings. The maximum Gasteiger partial charge on any atom is 1.00 e. The van der Waals surface area contributed by atoms with E-state index < -0.39 is 33.9 Å². The third kappa shape index (κ3) is 3.36. The van der Waals surface area contributed by atoms with Crippen LogP contribution in [-0.4, -0.2) is 30.8 Å². The summed E-state index contributed by atoms with van der Waals surface area (Å²) in [4.78, 5) is 12.1. The molecule has 0 radical (unpaired) electrons. The molecule has 4 bridgehead atoms. The van der Waals surface area contributed by atoms with Crippen LogP contribution in [0.4, 0.5) is 8.78 Å². The van der Waals surface area contributed by atoms with Crippen LogP contribution in [0.5, 0.6) is 0 Å². The second-order valence-corrected chi connectivity index (χ2v) is 8.16. The van der Waals surface area contributed by atoms with Crippen LogP contribution < -0.4 is 29.6 Å². The molecule has 4 saturated carbocycles. The molecule has 0 N–H and O–H groups in total. The summed E-state index contributed by atoms with van der Waals surface area (Å²) in [6.45, 7) is -1.68. The largest absolute Gasteiger partial charge is 1.00 e. The van der Waals surface area contributed by atoms with Gasteiger partial charge in [-0.15, -0.1) is 0 Å². The Morgan fingerprint density at radius 1 is 1.09 bits per heavy atom. The molecule has 22 heavy (non-hydrogen) atoms. The van der Waals surface area contributed by atoms with E-state index in [2.05, 4.69) is 4.74 Å². The van der Waals surface area contributed by atoms with Gasteiger partial charge in [0.15, 0.2) is 16.7 Å². The van der Waals surface area contributed by atoms with Gasteiger partial charge in [0.05, 0.1) is 5.92 Å². The second-order valence-electron chi connectivity index (χ2n) is 6.66. The zero-order valence-corrected chi connectivity index (χ0v) is 15.2. The van der Waals surface area contributed by atoms with Crippen molar-refractivity contribution in [3.05, 3.63) is 0 Å². The third-order valence-electron chi connectivity index (χ3n) is 5.25. The number of halogens is 2. The number of ether oxygens (including phenoxy) is 1. The number of rotatable bonds is 4. The van der Waals surface area contributed by atoms with Gasteiger partial charge < -0.3 is 9.29 Å². The van der Waals surface area contributed by atoms with Crippen LogP contribution in [0, 0.1) is 29.6 Å². The van der Waals surface area contributed by atoms with Crippen molar-refractivity contribution in [1.82, 2.24) is 0 Å². The first-order valence-electron chi connectivity index (χ1n) is 7.17. The molecule has 0 aliphatic heterocycles. The summed E-state index contributed by atoms with van der Waals surface area (Å²) in [6.07, 6.45) is 4.87. The van der Waals surface area contributed by atoms with Crippen molar-refractivity contribution in [2.24, 2.45) is 29.6 Å². The van der Waals surface area contributed by atoms with E-state index in [1.54, 1.807) is 0 Å². The average Bonchev–Trinajstić information content (AvgIpc) is 2.33. The molecule has 0 spiro atoms. The summed E-state index contributed by atoms with van der Waals surface area (Å²) in [5.74, 6) is 0.382. The zero-order valence-electron chi connectivity index (χ0n) is 12.3. The quantitative estimate of drug-likeness (QED) is 0.361. The first-order chi connectivity index (χ1) is 9.67. The van der Waals surface area contributed by atoms with E-state index >= 15 is 0 Å². The summed E-state index contributed by atoms with van der Waals surface area (Å²) >= 11 is 0. The molecule has 4 rings (SSSR count). The monoisotopic (exact) mass is 346 g/mol. The van der Waals surface area contributed by atoms with Gasteiger partial charge in [-0.1, -0.05) is 0 Å². The van der Waals surface area contributed by atoms with Gasteiger partial charge in [-0.3, -0.25) is 4.79 Å². The molecular weight excluding hydrogens is 329 g/mol.